The Morgan fingerprint density at radius 2 is 1.75 bits per heavy atom. The van der Waals surface area contributed by atoms with Gasteiger partial charge in [0, 0.05) is 11.8 Å². The van der Waals surface area contributed by atoms with Crippen LogP contribution < -0.4 is 4.74 Å². The minimum atomic E-state index is -4.43. The molecule has 0 aliphatic rings. The molecular weight excluding hydrogens is 466 g/mol. The second-order valence-corrected chi connectivity index (χ2v) is 6.75. The first-order chi connectivity index (χ1) is 14.3. The van der Waals surface area contributed by atoms with Gasteiger partial charge in [-0.1, -0.05) is 6.07 Å². The normalized spacial score (nSPS) is 10.9. The molecule has 170 valence electrons. The van der Waals surface area contributed by atoms with E-state index in [2.05, 4.69) is 15.1 Å². The summed E-state index contributed by atoms with van der Waals surface area (Å²) >= 11 is 0. The molecule has 0 spiro atoms. The molecule has 0 saturated carbocycles. The first kappa shape index (κ1) is 25.2. The van der Waals surface area contributed by atoms with Gasteiger partial charge in [0.2, 0.25) is 0 Å². The minimum Gasteiger partial charge on any atom is -0.495 e. The fraction of sp³-hybridized carbons (Fsp3) is 0.190. The number of aromatic nitrogens is 5. The lowest BCUT2D eigenvalue weighted by Crippen LogP contribution is -2.07. The average molecular weight is 486 g/mol. The Morgan fingerprint density at radius 3 is 2.38 bits per heavy atom. The molecule has 0 atom stereocenters. The Balaban J connectivity index is 0.00000181. The summed E-state index contributed by atoms with van der Waals surface area (Å²) in [5, 5.41) is 4.42. The molecule has 0 N–H and O–H groups in total. The summed E-state index contributed by atoms with van der Waals surface area (Å²) in [5.74, 6) is 1.45. The highest BCUT2D eigenvalue weighted by Gasteiger charge is 2.30. The van der Waals surface area contributed by atoms with E-state index in [1.165, 1.54) is 10.7 Å². The number of hydrogen-bond donors (Lipinski definition) is 0. The molecule has 0 radical (unpaired) electrons. The number of hydrogen-bond acceptors (Lipinski definition) is 4. The molecule has 4 aromatic rings. The van der Waals surface area contributed by atoms with E-state index < -0.39 is 11.7 Å². The van der Waals surface area contributed by atoms with Crippen LogP contribution in [-0.4, -0.2) is 31.4 Å². The molecule has 0 fully saturated rings. The monoisotopic (exact) mass is 485 g/mol. The van der Waals surface area contributed by atoms with Crippen LogP contribution in [0.1, 0.15) is 17.1 Å². The van der Waals surface area contributed by atoms with Gasteiger partial charge in [0.05, 0.1) is 36.1 Å². The second kappa shape index (κ2) is 9.62. The number of ether oxygens (including phenoxy) is 1. The molecule has 0 saturated heterocycles. The van der Waals surface area contributed by atoms with Crippen LogP contribution in [0, 0.1) is 13.8 Å². The molecule has 2 heterocycles. The van der Waals surface area contributed by atoms with Gasteiger partial charge < -0.3 is 9.30 Å². The largest absolute Gasteiger partial charge is 0.495 e. The van der Waals surface area contributed by atoms with Gasteiger partial charge in [-0.05, 0) is 50.2 Å². The van der Waals surface area contributed by atoms with E-state index in [0.29, 0.717) is 28.6 Å². The van der Waals surface area contributed by atoms with Crippen molar-refractivity contribution in [1.82, 2.24) is 24.3 Å². The van der Waals surface area contributed by atoms with E-state index in [9.17, 15) is 13.2 Å². The number of imidazole rings is 1. The Hall–Kier alpha value is -3.04. The zero-order valence-corrected chi connectivity index (χ0v) is 18.9. The van der Waals surface area contributed by atoms with E-state index in [1.807, 2.05) is 29.8 Å². The van der Waals surface area contributed by atoms with Crippen molar-refractivity contribution in [3.05, 3.63) is 72.1 Å². The van der Waals surface area contributed by atoms with Crippen LogP contribution >= 0.6 is 24.8 Å². The lowest BCUT2D eigenvalue weighted by molar-refractivity contribution is -0.137. The van der Waals surface area contributed by atoms with Crippen molar-refractivity contribution in [2.45, 2.75) is 20.0 Å². The van der Waals surface area contributed by atoms with Crippen LogP contribution in [0.2, 0.25) is 0 Å². The molecule has 0 aliphatic carbocycles. The van der Waals surface area contributed by atoms with Crippen molar-refractivity contribution in [3.63, 3.8) is 0 Å². The SMILES string of the molecule is COc1cc(-c2nc(C)n(-c3cccc(C(F)(F)F)c3)n2)ccc1-n1cnc(C)c1.Cl.Cl. The summed E-state index contributed by atoms with van der Waals surface area (Å²) in [6.07, 6.45) is -0.859. The Morgan fingerprint density at radius 1 is 1.00 bits per heavy atom. The highest BCUT2D eigenvalue weighted by molar-refractivity contribution is 5.85. The Labute approximate surface area is 194 Å². The van der Waals surface area contributed by atoms with Crippen LogP contribution in [0.5, 0.6) is 5.75 Å². The predicted molar refractivity (Wildman–Crippen MR) is 119 cm³/mol. The molecule has 0 unspecified atom stereocenters. The van der Waals surface area contributed by atoms with Crippen LogP contribution in [0.4, 0.5) is 13.2 Å². The van der Waals surface area contributed by atoms with Gasteiger partial charge in [0.15, 0.2) is 5.82 Å². The van der Waals surface area contributed by atoms with Gasteiger partial charge in [0.25, 0.3) is 0 Å². The van der Waals surface area contributed by atoms with Crippen LogP contribution in [0.3, 0.4) is 0 Å². The van der Waals surface area contributed by atoms with E-state index >= 15 is 0 Å². The number of benzene rings is 2. The van der Waals surface area contributed by atoms with Crippen molar-refractivity contribution in [3.8, 4) is 28.5 Å². The summed E-state index contributed by atoms with van der Waals surface area (Å²) < 4.78 is 47.9. The van der Waals surface area contributed by atoms with E-state index in [1.54, 1.807) is 32.5 Å². The van der Waals surface area contributed by atoms with E-state index in [-0.39, 0.29) is 24.8 Å². The Kier molecular flexibility index (Phi) is 7.58. The first-order valence-corrected chi connectivity index (χ1v) is 9.07. The van der Waals surface area contributed by atoms with Gasteiger partial charge in [-0.2, -0.15) is 13.2 Å². The lowest BCUT2D eigenvalue weighted by atomic mass is 10.1. The summed E-state index contributed by atoms with van der Waals surface area (Å²) in [6, 6.07) is 10.5. The zero-order valence-electron chi connectivity index (χ0n) is 17.3. The molecule has 0 amide bonds. The number of aryl methyl sites for hydroxylation is 2. The number of alkyl halides is 3. The fourth-order valence-corrected chi connectivity index (χ4v) is 3.15. The topological polar surface area (TPSA) is 57.8 Å². The maximum Gasteiger partial charge on any atom is 0.416 e. The quantitative estimate of drug-likeness (QED) is 0.377. The smallest absolute Gasteiger partial charge is 0.416 e. The zero-order chi connectivity index (χ0) is 21.5. The van der Waals surface area contributed by atoms with Crippen LogP contribution in [-0.2, 0) is 6.18 Å². The summed E-state index contributed by atoms with van der Waals surface area (Å²) in [7, 11) is 1.56. The van der Waals surface area contributed by atoms with Crippen molar-refractivity contribution >= 4 is 24.8 Å². The number of methoxy groups -OCH3 is 1. The lowest BCUT2D eigenvalue weighted by Gasteiger charge is -2.10. The molecule has 2 aromatic carbocycles. The number of halogens is 5. The second-order valence-electron chi connectivity index (χ2n) is 6.75. The maximum atomic E-state index is 13.1. The minimum absolute atomic E-state index is 0. The fourth-order valence-electron chi connectivity index (χ4n) is 3.15. The van der Waals surface area contributed by atoms with Gasteiger partial charge in [-0.15, -0.1) is 29.9 Å². The third-order valence-electron chi connectivity index (χ3n) is 4.61. The molecule has 6 nitrogen and oxygen atoms in total. The molecule has 11 heteroatoms. The molecule has 32 heavy (non-hydrogen) atoms. The average Bonchev–Trinajstić information content (AvgIpc) is 3.32. The maximum absolute atomic E-state index is 13.1. The summed E-state index contributed by atoms with van der Waals surface area (Å²) in [6.45, 7) is 3.58. The van der Waals surface area contributed by atoms with Crippen molar-refractivity contribution < 1.29 is 17.9 Å². The molecule has 2 aromatic heterocycles. The third-order valence-corrected chi connectivity index (χ3v) is 4.61. The summed E-state index contributed by atoms with van der Waals surface area (Å²) in [4.78, 5) is 8.65. The molecule has 4 rings (SSSR count). The van der Waals surface area contributed by atoms with Gasteiger partial charge in [-0.3, -0.25) is 0 Å². The Bertz CT molecular complexity index is 1220. The van der Waals surface area contributed by atoms with Crippen molar-refractivity contribution in [2.75, 3.05) is 7.11 Å². The van der Waals surface area contributed by atoms with Crippen LogP contribution in [0.15, 0.2) is 55.0 Å². The van der Waals surface area contributed by atoms with Gasteiger partial charge in [0.1, 0.15) is 11.6 Å². The van der Waals surface area contributed by atoms with E-state index in [0.717, 1.165) is 23.5 Å². The standard InChI is InChI=1S/C21H18F3N5O.2ClH/c1-13-11-28(12-25-13)18-8-7-15(9-19(18)30-3)20-26-14(2)29(27-20)17-6-4-5-16(10-17)21(22,23)24;;/h4-12H,1-3H3;2*1H. The van der Waals surface area contributed by atoms with E-state index in [4.69, 9.17) is 4.74 Å². The molecule has 0 bridgehead atoms. The van der Waals surface area contributed by atoms with Crippen molar-refractivity contribution in [1.29, 1.82) is 0 Å². The summed E-state index contributed by atoms with van der Waals surface area (Å²) in [5.41, 5.74) is 1.91. The highest BCUT2D eigenvalue weighted by atomic mass is 35.5. The van der Waals surface area contributed by atoms with Crippen molar-refractivity contribution in [2.24, 2.45) is 0 Å². The molecular formula is C21H20Cl2F3N5O. The van der Waals surface area contributed by atoms with Gasteiger partial charge >= 0.3 is 6.18 Å². The third kappa shape index (κ3) is 4.89. The van der Waals surface area contributed by atoms with Gasteiger partial charge in [-0.25, -0.2) is 14.6 Å². The number of rotatable bonds is 4. The first-order valence-electron chi connectivity index (χ1n) is 9.07. The molecule has 0 aliphatic heterocycles. The van der Waals surface area contributed by atoms with Crippen LogP contribution in [0.25, 0.3) is 22.8 Å². The highest BCUT2D eigenvalue weighted by Crippen LogP contribution is 2.31. The number of nitrogens with zero attached hydrogens (tertiary/aromatic N) is 5. The predicted octanol–water partition coefficient (Wildman–Crippen LogP) is 5.61.